The molecule has 0 radical (unpaired) electrons. The van der Waals surface area contributed by atoms with Gasteiger partial charge in [0.1, 0.15) is 5.76 Å². The van der Waals surface area contributed by atoms with Gasteiger partial charge in [0, 0.05) is 24.1 Å². The highest BCUT2D eigenvalue weighted by Crippen LogP contribution is 2.21. The lowest BCUT2D eigenvalue weighted by molar-refractivity contribution is -0.115. The van der Waals surface area contributed by atoms with Crippen LogP contribution in [0.4, 0.5) is 11.5 Å². The number of carbonyl (C=O) groups is 1. The number of hydrogen-bond acceptors (Lipinski definition) is 8. The Hall–Kier alpha value is -2.92. The molecule has 28 heavy (non-hydrogen) atoms. The van der Waals surface area contributed by atoms with Crippen molar-refractivity contribution in [2.75, 3.05) is 10.0 Å². The minimum atomic E-state index is -3.81. The van der Waals surface area contributed by atoms with E-state index in [-0.39, 0.29) is 16.6 Å². The molecule has 0 aliphatic carbocycles. The van der Waals surface area contributed by atoms with E-state index in [1.165, 1.54) is 42.1 Å². The Morgan fingerprint density at radius 1 is 1.18 bits per heavy atom. The van der Waals surface area contributed by atoms with E-state index in [9.17, 15) is 13.2 Å². The molecule has 0 fully saturated rings. The summed E-state index contributed by atoms with van der Waals surface area (Å²) in [6, 6.07) is 8.98. The Bertz CT molecular complexity index is 1050. The quantitative estimate of drug-likeness (QED) is 0.442. The van der Waals surface area contributed by atoms with Crippen LogP contribution in [0.15, 0.2) is 63.4 Å². The first kappa shape index (κ1) is 19.8. The molecule has 1 aromatic carbocycles. The average Bonchev–Trinajstić information content (AvgIpc) is 3.07. The maximum atomic E-state index is 12.4. The molecule has 146 valence electrons. The highest BCUT2D eigenvalue weighted by Gasteiger charge is 2.18. The first-order valence-corrected chi connectivity index (χ1v) is 10.5. The van der Waals surface area contributed by atoms with Gasteiger partial charge in [-0.15, -0.1) is 0 Å². The van der Waals surface area contributed by atoms with Crippen LogP contribution in [0.5, 0.6) is 0 Å². The minimum absolute atomic E-state index is 0.0336. The minimum Gasteiger partial charge on any atom is -0.360 e. The fraction of sp³-hybridized carbons (Fsp3) is 0.176. The van der Waals surface area contributed by atoms with Crippen LogP contribution >= 0.6 is 11.8 Å². The van der Waals surface area contributed by atoms with E-state index in [0.717, 1.165) is 0 Å². The summed E-state index contributed by atoms with van der Waals surface area (Å²) in [5.41, 5.74) is 0.475. The molecule has 3 aromatic rings. The molecule has 0 spiro atoms. The second-order valence-electron chi connectivity index (χ2n) is 5.73. The average molecular weight is 419 g/mol. The van der Waals surface area contributed by atoms with Gasteiger partial charge in [-0.25, -0.2) is 18.4 Å². The Morgan fingerprint density at radius 3 is 2.46 bits per heavy atom. The number of rotatable bonds is 7. The molecule has 1 atom stereocenters. The van der Waals surface area contributed by atoms with Crippen molar-refractivity contribution in [2.24, 2.45) is 0 Å². The number of sulfonamides is 1. The van der Waals surface area contributed by atoms with Gasteiger partial charge >= 0.3 is 0 Å². The normalized spacial score (nSPS) is 12.4. The van der Waals surface area contributed by atoms with Crippen LogP contribution in [0.1, 0.15) is 12.7 Å². The zero-order valence-electron chi connectivity index (χ0n) is 15.0. The summed E-state index contributed by atoms with van der Waals surface area (Å²) in [4.78, 5) is 20.5. The lowest BCUT2D eigenvalue weighted by Crippen LogP contribution is -2.22. The Labute approximate surface area is 166 Å². The first-order valence-electron chi connectivity index (χ1n) is 8.14. The third kappa shape index (κ3) is 5.08. The molecule has 0 aliphatic rings. The van der Waals surface area contributed by atoms with E-state index in [4.69, 9.17) is 4.52 Å². The first-order chi connectivity index (χ1) is 13.3. The zero-order chi connectivity index (χ0) is 20.1. The van der Waals surface area contributed by atoms with Crippen molar-refractivity contribution in [1.29, 1.82) is 0 Å². The highest BCUT2D eigenvalue weighted by molar-refractivity contribution is 8.00. The Morgan fingerprint density at radius 2 is 1.86 bits per heavy atom. The molecule has 0 saturated carbocycles. The molecular weight excluding hydrogens is 402 g/mol. The summed E-state index contributed by atoms with van der Waals surface area (Å²) >= 11 is 1.23. The van der Waals surface area contributed by atoms with Crippen LogP contribution < -0.4 is 10.0 Å². The summed E-state index contributed by atoms with van der Waals surface area (Å²) < 4.78 is 31.9. The number of hydrogen-bond donors (Lipinski definition) is 2. The van der Waals surface area contributed by atoms with Crippen molar-refractivity contribution in [2.45, 2.75) is 29.1 Å². The molecule has 1 unspecified atom stereocenters. The van der Waals surface area contributed by atoms with Gasteiger partial charge in [-0.2, -0.15) is 0 Å². The van der Waals surface area contributed by atoms with E-state index in [1.54, 1.807) is 32.3 Å². The second kappa shape index (κ2) is 8.40. The molecule has 3 rings (SSSR count). The maximum Gasteiger partial charge on any atom is 0.263 e. The van der Waals surface area contributed by atoms with Crippen LogP contribution in [0.3, 0.4) is 0 Å². The molecule has 2 N–H and O–H groups in total. The third-order valence-electron chi connectivity index (χ3n) is 3.49. The van der Waals surface area contributed by atoms with E-state index < -0.39 is 15.3 Å². The number of aromatic nitrogens is 3. The molecule has 2 heterocycles. The number of benzene rings is 1. The van der Waals surface area contributed by atoms with E-state index >= 15 is 0 Å². The molecule has 0 saturated heterocycles. The van der Waals surface area contributed by atoms with Crippen molar-refractivity contribution in [3.63, 3.8) is 0 Å². The monoisotopic (exact) mass is 419 g/mol. The maximum absolute atomic E-state index is 12.4. The van der Waals surface area contributed by atoms with Crippen molar-refractivity contribution >= 4 is 39.2 Å². The standard InChI is InChI=1S/C17H17N5O4S2/c1-11-10-15(21-26-11)22-28(24,25)14-6-4-13(5-7-14)20-16(23)12(2)27-17-18-8-3-9-19-17/h3-10,12H,1-2H3,(H,20,23)(H,21,22). The summed E-state index contributed by atoms with van der Waals surface area (Å²) in [5, 5.41) is 6.41. The topological polar surface area (TPSA) is 127 Å². The third-order valence-corrected chi connectivity index (χ3v) is 5.85. The molecule has 9 nitrogen and oxygen atoms in total. The molecular formula is C17H17N5O4S2. The molecule has 11 heteroatoms. The number of aryl methyl sites for hydroxylation is 1. The Kier molecular flexibility index (Phi) is 5.95. The fourth-order valence-electron chi connectivity index (χ4n) is 2.13. The van der Waals surface area contributed by atoms with Gasteiger partial charge in [-0.05, 0) is 44.2 Å². The largest absolute Gasteiger partial charge is 0.360 e. The van der Waals surface area contributed by atoms with Crippen LogP contribution in [0.25, 0.3) is 0 Å². The number of anilines is 2. The summed E-state index contributed by atoms with van der Waals surface area (Å²) in [6.07, 6.45) is 3.21. The number of carbonyl (C=O) groups excluding carboxylic acids is 1. The van der Waals surface area contributed by atoms with Crippen molar-refractivity contribution in [3.8, 4) is 0 Å². The number of nitrogens with one attached hydrogen (secondary N) is 2. The summed E-state index contributed by atoms with van der Waals surface area (Å²) in [7, 11) is -3.81. The van der Waals surface area contributed by atoms with E-state index in [0.29, 0.717) is 16.6 Å². The molecule has 1 amide bonds. The molecule has 2 aromatic heterocycles. The van der Waals surface area contributed by atoms with Gasteiger partial charge in [-0.3, -0.25) is 9.52 Å². The van der Waals surface area contributed by atoms with Crippen molar-refractivity contribution in [1.82, 2.24) is 15.1 Å². The van der Waals surface area contributed by atoms with Gasteiger partial charge < -0.3 is 9.84 Å². The van der Waals surface area contributed by atoms with Gasteiger partial charge in [0.25, 0.3) is 10.0 Å². The summed E-state index contributed by atoms with van der Waals surface area (Å²) in [6.45, 7) is 3.39. The second-order valence-corrected chi connectivity index (χ2v) is 8.72. The van der Waals surface area contributed by atoms with Crippen LogP contribution in [-0.2, 0) is 14.8 Å². The van der Waals surface area contributed by atoms with Crippen LogP contribution in [0, 0.1) is 6.92 Å². The predicted molar refractivity (Wildman–Crippen MR) is 104 cm³/mol. The van der Waals surface area contributed by atoms with Gasteiger partial charge in [0.2, 0.25) is 5.91 Å². The predicted octanol–water partition coefficient (Wildman–Crippen LogP) is 2.69. The van der Waals surface area contributed by atoms with Crippen LogP contribution in [0.2, 0.25) is 0 Å². The fourth-order valence-corrected chi connectivity index (χ4v) is 3.84. The lowest BCUT2D eigenvalue weighted by atomic mass is 10.3. The van der Waals surface area contributed by atoms with Crippen molar-refractivity contribution < 1.29 is 17.7 Å². The van der Waals surface area contributed by atoms with Gasteiger partial charge in [0.15, 0.2) is 11.0 Å². The highest BCUT2D eigenvalue weighted by atomic mass is 32.2. The SMILES string of the molecule is Cc1cc(NS(=O)(=O)c2ccc(NC(=O)C(C)Sc3ncccn3)cc2)no1. The number of thioether (sulfide) groups is 1. The lowest BCUT2D eigenvalue weighted by Gasteiger charge is -2.11. The Balaban J connectivity index is 1.62. The summed E-state index contributed by atoms with van der Waals surface area (Å²) in [5.74, 6) is 0.344. The molecule has 0 bridgehead atoms. The van der Waals surface area contributed by atoms with E-state index in [1.807, 2.05) is 0 Å². The van der Waals surface area contributed by atoms with E-state index in [2.05, 4.69) is 25.2 Å². The smallest absolute Gasteiger partial charge is 0.263 e. The van der Waals surface area contributed by atoms with Gasteiger partial charge in [-0.1, -0.05) is 16.9 Å². The van der Waals surface area contributed by atoms with Gasteiger partial charge in [0.05, 0.1) is 10.1 Å². The number of amides is 1. The number of nitrogens with zero attached hydrogens (tertiary/aromatic N) is 3. The van der Waals surface area contributed by atoms with Crippen molar-refractivity contribution in [3.05, 3.63) is 54.6 Å². The molecule has 0 aliphatic heterocycles. The zero-order valence-corrected chi connectivity index (χ0v) is 16.6. The van der Waals surface area contributed by atoms with Crippen LogP contribution in [-0.4, -0.2) is 34.7 Å².